The fraction of sp³-hybridized carbons (Fsp3) is 0.417. The van der Waals surface area contributed by atoms with Crippen molar-refractivity contribution in [1.82, 2.24) is 9.88 Å². The Kier molecular flexibility index (Phi) is 3.63. The predicted octanol–water partition coefficient (Wildman–Crippen LogP) is 1.51. The van der Waals surface area contributed by atoms with Gasteiger partial charge in [-0.15, -0.1) is 0 Å². The number of carboxylic acid groups (broad SMARTS) is 1. The zero-order chi connectivity index (χ0) is 13.0. The van der Waals surface area contributed by atoms with Gasteiger partial charge in [0.25, 0.3) is 0 Å². The van der Waals surface area contributed by atoms with Crippen molar-refractivity contribution < 1.29 is 9.90 Å². The Hall–Kier alpha value is -2.29. The summed E-state index contributed by atoms with van der Waals surface area (Å²) in [4.78, 5) is 16.3. The van der Waals surface area contributed by atoms with Gasteiger partial charge in [0.1, 0.15) is 11.9 Å². The first-order chi connectivity index (χ1) is 8.69. The third-order valence-corrected chi connectivity index (χ3v) is 3.01. The van der Waals surface area contributed by atoms with Crippen LogP contribution >= 0.6 is 0 Å². The molecule has 2 rings (SSSR count). The number of likely N-dealkylation sites (tertiary alicyclic amines) is 1. The molecule has 6 nitrogen and oxygen atoms in total. The highest BCUT2D eigenvalue weighted by atomic mass is 16.4. The van der Waals surface area contributed by atoms with Crippen molar-refractivity contribution in [3.8, 4) is 6.07 Å². The average Bonchev–Trinajstić information content (AvgIpc) is 2.40. The van der Waals surface area contributed by atoms with Gasteiger partial charge in [-0.1, -0.05) is 0 Å². The van der Waals surface area contributed by atoms with Crippen molar-refractivity contribution in [2.24, 2.45) is 0 Å². The van der Waals surface area contributed by atoms with Crippen molar-refractivity contribution in [2.45, 2.75) is 18.9 Å². The number of nitrogens with zero attached hydrogens (tertiary/aromatic N) is 3. The van der Waals surface area contributed by atoms with E-state index in [1.54, 1.807) is 12.1 Å². The van der Waals surface area contributed by atoms with E-state index in [0.29, 0.717) is 18.7 Å². The molecule has 0 spiro atoms. The van der Waals surface area contributed by atoms with E-state index in [4.69, 9.17) is 10.4 Å². The zero-order valence-corrected chi connectivity index (χ0v) is 9.83. The third-order valence-electron chi connectivity index (χ3n) is 3.01. The molecule has 1 aromatic rings. The molecule has 0 aromatic carbocycles. The molecule has 1 amide bonds. The number of piperidine rings is 1. The van der Waals surface area contributed by atoms with Crippen LogP contribution < -0.4 is 5.32 Å². The summed E-state index contributed by atoms with van der Waals surface area (Å²) >= 11 is 0. The SMILES string of the molecule is N#Cc1ccc(NC2CCN(C(=O)O)CC2)nc1. The first-order valence-corrected chi connectivity index (χ1v) is 5.79. The number of hydrogen-bond donors (Lipinski definition) is 2. The highest BCUT2D eigenvalue weighted by molar-refractivity contribution is 5.65. The lowest BCUT2D eigenvalue weighted by Gasteiger charge is -2.30. The minimum absolute atomic E-state index is 0.237. The van der Waals surface area contributed by atoms with Gasteiger partial charge in [-0.25, -0.2) is 9.78 Å². The van der Waals surface area contributed by atoms with Crippen LogP contribution in [0, 0.1) is 11.3 Å². The quantitative estimate of drug-likeness (QED) is 0.825. The summed E-state index contributed by atoms with van der Waals surface area (Å²) in [5.74, 6) is 0.725. The molecule has 2 N–H and O–H groups in total. The Morgan fingerprint density at radius 1 is 1.50 bits per heavy atom. The molecular formula is C12H14N4O2. The number of hydrogen-bond acceptors (Lipinski definition) is 4. The first kappa shape index (κ1) is 12.2. The van der Waals surface area contributed by atoms with Crippen LogP contribution in [0.25, 0.3) is 0 Å². The fourth-order valence-corrected chi connectivity index (χ4v) is 1.97. The molecule has 0 saturated carbocycles. The molecule has 1 aromatic heterocycles. The van der Waals surface area contributed by atoms with Crippen LogP contribution in [-0.4, -0.2) is 40.2 Å². The molecule has 94 valence electrons. The number of nitrogens with one attached hydrogen (secondary N) is 1. The van der Waals surface area contributed by atoms with E-state index in [1.807, 2.05) is 6.07 Å². The van der Waals surface area contributed by atoms with Crippen molar-refractivity contribution in [2.75, 3.05) is 18.4 Å². The van der Waals surface area contributed by atoms with Crippen LogP contribution in [0.3, 0.4) is 0 Å². The second kappa shape index (κ2) is 5.36. The van der Waals surface area contributed by atoms with E-state index in [2.05, 4.69) is 10.3 Å². The van der Waals surface area contributed by atoms with Gasteiger partial charge in [0, 0.05) is 25.3 Å². The van der Waals surface area contributed by atoms with Crippen LogP contribution in [0.15, 0.2) is 18.3 Å². The molecule has 2 heterocycles. The number of amides is 1. The Bertz CT molecular complexity index is 458. The summed E-state index contributed by atoms with van der Waals surface area (Å²) in [6, 6.07) is 5.73. The summed E-state index contributed by atoms with van der Waals surface area (Å²) in [5, 5.41) is 20.7. The maximum atomic E-state index is 10.8. The molecule has 6 heteroatoms. The summed E-state index contributed by atoms with van der Waals surface area (Å²) < 4.78 is 0. The van der Waals surface area contributed by atoms with Crippen LogP contribution in [0.2, 0.25) is 0 Å². The Morgan fingerprint density at radius 2 is 2.22 bits per heavy atom. The van der Waals surface area contributed by atoms with E-state index in [0.717, 1.165) is 18.7 Å². The van der Waals surface area contributed by atoms with Gasteiger partial charge >= 0.3 is 6.09 Å². The molecule has 0 bridgehead atoms. The Balaban J connectivity index is 1.87. The Morgan fingerprint density at radius 3 is 2.72 bits per heavy atom. The van der Waals surface area contributed by atoms with E-state index >= 15 is 0 Å². The number of anilines is 1. The van der Waals surface area contributed by atoms with Crippen molar-refractivity contribution >= 4 is 11.9 Å². The summed E-state index contributed by atoms with van der Waals surface area (Å²) in [5.41, 5.74) is 0.529. The van der Waals surface area contributed by atoms with Crippen molar-refractivity contribution in [1.29, 1.82) is 5.26 Å². The number of pyridine rings is 1. The molecule has 1 fully saturated rings. The Labute approximate surface area is 105 Å². The van der Waals surface area contributed by atoms with Gasteiger partial charge in [0.05, 0.1) is 5.56 Å². The van der Waals surface area contributed by atoms with E-state index < -0.39 is 6.09 Å². The summed E-state index contributed by atoms with van der Waals surface area (Å²) in [6.07, 6.45) is 2.21. The zero-order valence-electron chi connectivity index (χ0n) is 9.83. The van der Waals surface area contributed by atoms with E-state index in [-0.39, 0.29) is 6.04 Å². The minimum Gasteiger partial charge on any atom is -0.465 e. The molecular weight excluding hydrogens is 232 g/mol. The van der Waals surface area contributed by atoms with E-state index in [9.17, 15) is 4.79 Å². The lowest BCUT2D eigenvalue weighted by Crippen LogP contribution is -2.41. The summed E-state index contributed by atoms with van der Waals surface area (Å²) in [6.45, 7) is 1.09. The summed E-state index contributed by atoms with van der Waals surface area (Å²) in [7, 11) is 0. The minimum atomic E-state index is -0.857. The van der Waals surface area contributed by atoms with Crippen LogP contribution in [-0.2, 0) is 0 Å². The highest BCUT2D eigenvalue weighted by Gasteiger charge is 2.22. The molecule has 18 heavy (non-hydrogen) atoms. The maximum absolute atomic E-state index is 10.8. The number of aromatic nitrogens is 1. The van der Waals surface area contributed by atoms with Crippen molar-refractivity contribution in [3.63, 3.8) is 0 Å². The largest absolute Gasteiger partial charge is 0.465 e. The number of carbonyl (C=O) groups is 1. The third kappa shape index (κ3) is 2.88. The second-order valence-electron chi connectivity index (χ2n) is 4.23. The lowest BCUT2D eigenvalue weighted by atomic mass is 10.1. The monoisotopic (exact) mass is 246 g/mol. The van der Waals surface area contributed by atoms with Crippen LogP contribution in [0.5, 0.6) is 0 Å². The molecule has 0 radical (unpaired) electrons. The van der Waals surface area contributed by atoms with Gasteiger partial charge in [-0.2, -0.15) is 5.26 Å². The molecule has 0 aliphatic carbocycles. The standard InChI is InChI=1S/C12H14N4O2/c13-7-9-1-2-11(14-8-9)15-10-3-5-16(6-4-10)12(17)18/h1-2,8,10H,3-6H2,(H,14,15)(H,17,18). The maximum Gasteiger partial charge on any atom is 0.407 e. The van der Waals surface area contributed by atoms with Gasteiger partial charge in [0.15, 0.2) is 0 Å². The smallest absolute Gasteiger partial charge is 0.407 e. The molecule has 1 aliphatic rings. The van der Waals surface area contributed by atoms with Crippen LogP contribution in [0.4, 0.5) is 10.6 Å². The van der Waals surface area contributed by atoms with Gasteiger partial charge in [-0.05, 0) is 25.0 Å². The van der Waals surface area contributed by atoms with Gasteiger partial charge in [-0.3, -0.25) is 0 Å². The fourth-order valence-electron chi connectivity index (χ4n) is 1.97. The normalized spacial score (nSPS) is 16.1. The number of nitriles is 1. The highest BCUT2D eigenvalue weighted by Crippen LogP contribution is 2.15. The molecule has 0 unspecified atom stereocenters. The van der Waals surface area contributed by atoms with E-state index in [1.165, 1.54) is 11.1 Å². The van der Waals surface area contributed by atoms with Gasteiger partial charge in [0.2, 0.25) is 0 Å². The van der Waals surface area contributed by atoms with Crippen molar-refractivity contribution in [3.05, 3.63) is 23.9 Å². The first-order valence-electron chi connectivity index (χ1n) is 5.79. The molecule has 1 saturated heterocycles. The van der Waals surface area contributed by atoms with Gasteiger partial charge < -0.3 is 15.3 Å². The average molecular weight is 246 g/mol. The lowest BCUT2D eigenvalue weighted by molar-refractivity contribution is 0.134. The van der Waals surface area contributed by atoms with Crippen LogP contribution in [0.1, 0.15) is 18.4 Å². The second-order valence-corrected chi connectivity index (χ2v) is 4.23. The molecule has 1 aliphatic heterocycles. The topological polar surface area (TPSA) is 89.2 Å². The number of rotatable bonds is 2. The predicted molar refractivity (Wildman–Crippen MR) is 65.2 cm³/mol. The molecule has 0 atom stereocenters.